The molecule has 0 radical (unpaired) electrons. The van der Waals surface area contributed by atoms with Gasteiger partial charge in [0.1, 0.15) is 6.61 Å². The number of carbonyl (C=O) groups is 2. The van der Waals surface area contributed by atoms with Crippen molar-refractivity contribution in [3.8, 4) is 0 Å². The maximum Gasteiger partial charge on any atom is 0.472 e. The van der Waals surface area contributed by atoms with Gasteiger partial charge in [-0.05, 0) is 141 Å². The fourth-order valence-electron chi connectivity index (χ4n) is 8.20. The van der Waals surface area contributed by atoms with Gasteiger partial charge < -0.3 is 20.1 Å². The van der Waals surface area contributed by atoms with E-state index in [1.54, 1.807) is 0 Å². The van der Waals surface area contributed by atoms with Crippen molar-refractivity contribution in [3.05, 3.63) is 194 Å². The van der Waals surface area contributed by atoms with Gasteiger partial charge in [-0.3, -0.25) is 18.6 Å². The van der Waals surface area contributed by atoms with E-state index in [4.69, 9.17) is 24.3 Å². The van der Waals surface area contributed by atoms with E-state index >= 15 is 0 Å². The number of unbranched alkanes of at least 4 members (excludes halogenated alkanes) is 14. The maximum atomic E-state index is 12.7. The third-order valence-corrected chi connectivity index (χ3v) is 14.0. The van der Waals surface area contributed by atoms with Gasteiger partial charge in [-0.2, -0.15) is 0 Å². The summed E-state index contributed by atoms with van der Waals surface area (Å²) in [5.74, 6) is -0.895. The lowest BCUT2D eigenvalue weighted by molar-refractivity contribution is -0.161. The minimum absolute atomic E-state index is 0.0355. The van der Waals surface area contributed by atoms with E-state index in [0.717, 1.165) is 135 Å². The monoisotopic (exact) mass is 1190 g/mol. The van der Waals surface area contributed by atoms with E-state index in [1.165, 1.54) is 57.8 Å². The van der Waals surface area contributed by atoms with Crippen LogP contribution in [-0.2, 0) is 32.7 Å². The van der Waals surface area contributed by atoms with Crippen LogP contribution in [-0.4, -0.2) is 49.3 Å². The molecular formula is C75H118NO8P. The van der Waals surface area contributed by atoms with E-state index in [9.17, 15) is 19.0 Å². The van der Waals surface area contributed by atoms with Crippen molar-refractivity contribution >= 4 is 19.8 Å². The van der Waals surface area contributed by atoms with Crippen molar-refractivity contribution in [2.24, 2.45) is 5.73 Å². The summed E-state index contributed by atoms with van der Waals surface area (Å²) in [6.07, 6.45) is 104. The molecule has 9 nitrogen and oxygen atoms in total. The van der Waals surface area contributed by atoms with Gasteiger partial charge in [0.25, 0.3) is 0 Å². The van der Waals surface area contributed by atoms with Crippen molar-refractivity contribution in [1.29, 1.82) is 0 Å². The second kappa shape index (κ2) is 68.0. The standard InChI is InChI=1S/C75H118NO8P/c1-3-5-7-9-11-13-15-17-19-21-23-25-27-29-30-31-32-33-34-35-36-37-38-39-40-41-42-44-46-48-50-52-54-56-58-60-62-64-66-68-75(78)84-73(72-83-85(79,80)82-70-69-76)71-81-74(77)67-65-63-61-59-57-55-53-51-49-47-45-43-28-26-24-22-20-18-16-14-12-10-8-6-4-2/h5-8,11-14,17-20,23-26,29-30,32-33,35-36,38-39,41-42,46,48,52,54,58,60,73H,3-4,9-10,15-16,21-22,27-28,31,34,37,40,43-45,47,49-51,53,55-57,59,61-72,76H2,1-2H3,(H,79,80)/b7-5-,8-6-,13-11-,14-12-,19-17-,20-18-,25-23-,26-24-,30-29-,33-32-,36-35-,39-38-,42-41-,48-46-,54-52-,60-58-. The molecule has 3 N–H and O–H groups in total. The number of carbonyl (C=O) groups excluding carboxylic acids is 2. The lowest BCUT2D eigenvalue weighted by atomic mass is 10.0. The molecule has 0 amide bonds. The molecule has 0 saturated heterocycles. The second-order valence-electron chi connectivity index (χ2n) is 20.9. The number of hydrogen-bond acceptors (Lipinski definition) is 8. The van der Waals surface area contributed by atoms with Gasteiger partial charge in [-0.1, -0.05) is 272 Å². The Bertz CT molecular complexity index is 2090. The molecule has 0 bridgehead atoms. The molecule has 0 spiro atoms. The zero-order valence-electron chi connectivity index (χ0n) is 53.3. The molecule has 0 aliphatic heterocycles. The second-order valence-corrected chi connectivity index (χ2v) is 22.3. The van der Waals surface area contributed by atoms with E-state index in [-0.39, 0.29) is 32.6 Å². The summed E-state index contributed by atoms with van der Waals surface area (Å²) in [5.41, 5.74) is 5.39. The highest BCUT2D eigenvalue weighted by atomic mass is 31.2. The van der Waals surface area contributed by atoms with Crippen molar-refractivity contribution in [2.45, 2.75) is 238 Å². The molecule has 0 aromatic carbocycles. The Hall–Kier alpha value is -5.15. The minimum atomic E-state index is -4.42. The minimum Gasteiger partial charge on any atom is -0.462 e. The molecule has 0 aromatic rings. The number of phosphoric ester groups is 1. The van der Waals surface area contributed by atoms with Crippen LogP contribution < -0.4 is 5.73 Å². The lowest BCUT2D eigenvalue weighted by Crippen LogP contribution is -2.29. The van der Waals surface area contributed by atoms with Crippen molar-refractivity contribution in [3.63, 3.8) is 0 Å². The van der Waals surface area contributed by atoms with Crippen LogP contribution in [0.25, 0.3) is 0 Å². The van der Waals surface area contributed by atoms with E-state index in [2.05, 4.69) is 208 Å². The summed E-state index contributed by atoms with van der Waals surface area (Å²) in [6.45, 7) is 3.44. The van der Waals surface area contributed by atoms with Crippen LogP contribution >= 0.6 is 7.82 Å². The highest BCUT2D eigenvalue weighted by Gasteiger charge is 2.26. The summed E-state index contributed by atoms with van der Waals surface area (Å²) < 4.78 is 33.1. The third kappa shape index (κ3) is 67.8. The fourth-order valence-corrected chi connectivity index (χ4v) is 8.96. The normalized spacial score (nSPS) is 14.3. The van der Waals surface area contributed by atoms with Gasteiger partial charge >= 0.3 is 19.8 Å². The number of nitrogens with two attached hydrogens (primary N) is 1. The Morgan fingerprint density at radius 3 is 0.929 bits per heavy atom. The molecule has 0 aliphatic rings. The summed E-state index contributed by atoms with van der Waals surface area (Å²) in [6, 6.07) is 0. The van der Waals surface area contributed by atoms with E-state index in [1.807, 2.05) is 0 Å². The molecule has 85 heavy (non-hydrogen) atoms. The molecular weight excluding hydrogens is 1070 g/mol. The van der Waals surface area contributed by atoms with Crippen LogP contribution in [0.3, 0.4) is 0 Å². The summed E-state index contributed by atoms with van der Waals surface area (Å²) in [4.78, 5) is 35.3. The largest absolute Gasteiger partial charge is 0.472 e. The molecule has 10 heteroatoms. The molecule has 0 rings (SSSR count). The Kier molecular flexibility index (Phi) is 63.9. The van der Waals surface area contributed by atoms with E-state index < -0.39 is 32.5 Å². The summed E-state index contributed by atoms with van der Waals surface area (Å²) >= 11 is 0. The molecule has 0 heterocycles. The first-order valence-electron chi connectivity index (χ1n) is 32.9. The van der Waals surface area contributed by atoms with Gasteiger partial charge in [0, 0.05) is 19.4 Å². The average molecular weight is 1190 g/mol. The zero-order valence-corrected chi connectivity index (χ0v) is 54.1. The summed E-state index contributed by atoms with van der Waals surface area (Å²) in [5, 5.41) is 0. The van der Waals surface area contributed by atoms with Crippen LogP contribution in [0, 0.1) is 0 Å². The van der Waals surface area contributed by atoms with Crippen molar-refractivity contribution in [2.75, 3.05) is 26.4 Å². The van der Waals surface area contributed by atoms with Crippen molar-refractivity contribution in [1.82, 2.24) is 0 Å². The predicted octanol–water partition coefficient (Wildman–Crippen LogP) is 21.7. The van der Waals surface area contributed by atoms with Crippen LogP contribution in [0.5, 0.6) is 0 Å². The van der Waals surface area contributed by atoms with Crippen molar-refractivity contribution < 1.29 is 37.6 Å². The fraction of sp³-hybridized carbons (Fsp3) is 0.547. The lowest BCUT2D eigenvalue weighted by Gasteiger charge is -2.19. The van der Waals surface area contributed by atoms with Gasteiger partial charge in [0.05, 0.1) is 13.2 Å². The number of allylic oxidation sites excluding steroid dienone is 32. The highest BCUT2D eigenvalue weighted by molar-refractivity contribution is 7.47. The van der Waals surface area contributed by atoms with Crippen LogP contribution in [0.4, 0.5) is 0 Å². The van der Waals surface area contributed by atoms with Gasteiger partial charge in [-0.15, -0.1) is 0 Å². The smallest absolute Gasteiger partial charge is 0.462 e. The number of ether oxygens (including phenoxy) is 2. The predicted molar refractivity (Wildman–Crippen MR) is 366 cm³/mol. The molecule has 476 valence electrons. The molecule has 0 saturated carbocycles. The quantitative estimate of drug-likeness (QED) is 0.0264. The number of phosphoric acid groups is 1. The van der Waals surface area contributed by atoms with E-state index in [0.29, 0.717) is 12.8 Å². The highest BCUT2D eigenvalue weighted by Crippen LogP contribution is 2.43. The Morgan fingerprint density at radius 2 is 0.612 bits per heavy atom. The first-order valence-corrected chi connectivity index (χ1v) is 34.4. The maximum absolute atomic E-state index is 12.7. The third-order valence-electron chi connectivity index (χ3n) is 13.0. The topological polar surface area (TPSA) is 134 Å². The molecule has 0 aliphatic carbocycles. The first kappa shape index (κ1) is 79.8. The number of esters is 2. The number of hydrogen-bond donors (Lipinski definition) is 2. The van der Waals surface area contributed by atoms with Crippen LogP contribution in [0.15, 0.2) is 194 Å². The molecule has 2 unspecified atom stereocenters. The Morgan fingerprint density at radius 1 is 0.353 bits per heavy atom. The van der Waals surface area contributed by atoms with Crippen LogP contribution in [0.1, 0.15) is 232 Å². The Balaban J connectivity index is 4.09. The van der Waals surface area contributed by atoms with Gasteiger partial charge in [0.15, 0.2) is 6.10 Å². The van der Waals surface area contributed by atoms with Gasteiger partial charge in [-0.25, -0.2) is 4.57 Å². The Labute approximate surface area is 519 Å². The molecule has 2 atom stereocenters. The molecule has 0 fully saturated rings. The average Bonchev–Trinajstić information content (AvgIpc) is 3.53. The van der Waals surface area contributed by atoms with Crippen LogP contribution in [0.2, 0.25) is 0 Å². The van der Waals surface area contributed by atoms with Gasteiger partial charge in [0.2, 0.25) is 0 Å². The SMILES string of the molecule is CC/C=C\C/C=C\C/C=C\C/C=C\C/C=C\C/C=C\C/C=C\C/C=C\C/C=C\C/C=C\C/C=C\C/C=C\CCCCC(=O)OC(COC(=O)CCCCCCCCCCCCCC/C=C\C/C=C\C/C=C\C/C=C\CC)COP(=O)(O)OCCN. The molecule has 0 aromatic heterocycles. The zero-order chi connectivity index (χ0) is 61.6. The number of rotatable bonds is 59. The first-order chi connectivity index (χ1) is 41.8. The summed E-state index contributed by atoms with van der Waals surface area (Å²) in [7, 11) is -4.42.